The Balaban J connectivity index is 2.20. The number of hydrogen-bond donors (Lipinski definition) is 0. The minimum absolute atomic E-state index is 0.0249. The molecule has 2 aromatic carbocycles. The smallest absolute Gasteiger partial charge is 0.236 e. The van der Waals surface area contributed by atoms with E-state index in [4.69, 9.17) is 23.2 Å². The molecule has 1 amide bonds. The van der Waals surface area contributed by atoms with Crippen LogP contribution in [0, 0.1) is 0 Å². The van der Waals surface area contributed by atoms with Crippen molar-refractivity contribution in [3.63, 3.8) is 0 Å². The standard InChI is InChI=1S/C14H8BrCl2NO/c15-9-4-5-12-8(6-9)7-13(19)18(12)14-10(16)2-1-3-11(14)17/h1-6H,7H2. The number of rotatable bonds is 1. The SMILES string of the molecule is O=C1Cc2cc(Br)ccc2N1c1c(Cl)cccc1Cl. The Hall–Kier alpha value is -1.03. The third kappa shape index (κ3) is 2.16. The molecule has 19 heavy (non-hydrogen) atoms. The first-order chi connectivity index (χ1) is 9.08. The molecule has 0 spiro atoms. The molecule has 2 nitrogen and oxygen atoms in total. The summed E-state index contributed by atoms with van der Waals surface area (Å²) in [5.74, 6) is -0.0249. The zero-order valence-electron chi connectivity index (χ0n) is 9.66. The van der Waals surface area contributed by atoms with Gasteiger partial charge in [-0.3, -0.25) is 9.69 Å². The first-order valence-electron chi connectivity index (χ1n) is 5.63. The quantitative estimate of drug-likeness (QED) is 0.705. The summed E-state index contributed by atoms with van der Waals surface area (Å²) in [7, 11) is 0. The molecule has 0 bridgehead atoms. The van der Waals surface area contributed by atoms with Crippen LogP contribution in [0.5, 0.6) is 0 Å². The van der Waals surface area contributed by atoms with Crippen LogP contribution in [0.15, 0.2) is 40.9 Å². The number of hydrogen-bond acceptors (Lipinski definition) is 1. The second-order valence-corrected chi connectivity index (χ2v) is 5.98. The lowest BCUT2D eigenvalue weighted by molar-refractivity contribution is -0.116. The summed E-state index contributed by atoms with van der Waals surface area (Å²) in [6.45, 7) is 0. The van der Waals surface area contributed by atoms with Crippen molar-refractivity contribution in [2.75, 3.05) is 4.90 Å². The fourth-order valence-corrected chi connectivity index (χ4v) is 3.21. The molecule has 0 saturated carbocycles. The second kappa shape index (κ2) is 4.82. The van der Waals surface area contributed by atoms with Gasteiger partial charge in [0.2, 0.25) is 5.91 Å². The van der Waals surface area contributed by atoms with Gasteiger partial charge in [-0.15, -0.1) is 0 Å². The highest BCUT2D eigenvalue weighted by Gasteiger charge is 2.31. The van der Waals surface area contributed by atoms with Gasteiger partial charge in [0.15, 0.2) is 0 Å². The molecule has 2 aromatic rings. The monoisotopic (exact) mass is 355 g/mol. The van der Waals surface area contributed by atoms with Gasteiger partial charge in [-0.25, -0.2) is 0 Å². The van der Waals surface area contributed by atoms with Crippen LogP contribution in [0.3, 0.4) is 0 Å². The van der Waals surface area contributed by atoms with E-state index in [2.05, 4.69) is 15.9 Å². The molecule has 0 atom stereocenters. The van der Waals surface area contributed by atoms with Crippen molar-refractivity contribution in [3.05, 3.63) is 56.5 Å². The summed E-state index contributed by atoms with van der Waals surface area (Å²) in [5.41, 5.74) is 2.36. The number of carbonyl (C=O) groups is 1. The van der Waals surface area contributed by atoms with Crippen molar-refractivity contribution in [1.82, 2.24) is 0 Å². The third-order valence-corrected chi connectivity index (χ3v) is 4.14. The van der Waals surface area contributed by atoms with Crippen LogP contribution in [0.1, 0.15) is 5.56 Å². The van der Waals surface area contributed by atoms with Crippen molar-refractivity contribution < 1.29 is 4.79 Å². The number of benzene rings is 2. The van der Waals surface area contributed by atoms with E-state index in [1.807, 2.05) is 18.2 Å². The van der Waals surface area contributed by atoms with Gasteiger partial charge < -0.3 is 0 Å². The molecule has 0 aliphatic carbocycles. The molecule has 0 N–H and O–H groups in total. The number of nitrogens with zero attached hydrogens (tertiary/aromatic N) is 1. The Bertz CT molecular complexity index is 667. The van der Waals surface area contributed by atoms with E-state index in [0.717, 1.165) is 15.7 Å². The number of amides is 1. The average Bonchev–Trinajstić information content (AvgIpc) is 2.65. The van der Waals surface area contributed by atoms with Crippen LogP contribution < -0.4 is 4.90 Å². The van der Waals surface area contributed by atoms with Crippen LogP contribution in [-0.2, 0) is 11.2 Å². The van der Waals surface area contributed by atoms with Gasteiger partial charge in [-0.1, -0.05) is 45.2 Å². The van der Waals surface area contributed by atoms with Crippen LogP contribution in [0.4, 0.5) is 11.4 Å². The largest absolute Gasteiger partial charge is 0.277 e. The molecule has 1 aliphatic heterocycles. The molecule has 0 unspecified atom stereocenters. The number of fused-ring (bicyclic) bond motifs is 1. The predicted octanol–water partition coefficient (Wildman–Crippen LogP) is 4.98. The number of anilines is 2. The zero-order chi connectivity index (χ0) is 13.6. The fraction of sp³-hybridized carbons (Fsp3) is 0.0714. The van der Waals surface area contributed by atoms with E-state index >= 15 is 0 Å². The molecule has 1 heterocycles. The van der Waals surface area contributed by atoms with Crippen LogP contribution >= 0.6 is 39.1 Å². The molecule has 0 saturated heterocycles. The Labute approximate surface area is 129 Å². The van der Waals surface area contributed by atoms with E-state index in [1.54, 1.807) is 23.1 Å². The summed E-state index contributed by atoms with van der Waals surface area (Å²) >= 11 is 15.8. The summed E-state index contributed by atoms with van der Waals surface area (Å²) in [4.78, 5) is 13.8. The van der Waals surface area contributed by atoms with E-state index in [-0.39, 0.29) is 5.91 Å². The second-order valence-electron chi connectivity index (χ2n) is 4.25. The Kier molecular flexibility index (Phi) is 3.29. The van der Waals surface area contributed by atoms with E-state index < -0.39 is 0 Å². The molecule has 3 rings (SSSR count). The van der Waals surface area contributed by atoms with Crippen molar-refractivity contribution in [2.24, 2.45) is 0 Å². The summed E-state index contributed by atoms with van der Waals surface area (Å²) in [6, 6.07) is 11.0. The average molecular weight is 357 g/mol. The van der Waals surface area contributed by atoms with Crippen LogP contribution in [0.2, 0.25) is 10.0 Å². The topological polar surface area (TPSA) is 20.3 Å². The Morgan fingerprint density at radius 1 is 1.11 bits per heavy atom. The molecular formula is C14H8BrCl2NO. The molecule has 0 fully saturated rings. The highest BCUT2D eigenvalue weighted by molar-refractivity contribution is 9.10. The lowest BCUT2D eigenvalue weighted by atomic mass is 10.2. The predicted molar refractivity (Wildman–Crippen MR) is 81.5 cm³/mol. The molecule has 96 valence electrons. The number of halogens is 3. The lowest BCUT2D eigenvalue weighted by Gasteiger charge is -2.20. The summed E-state index contributed by atoms with van der Waals surface area (Å²) in [6.07, 6.45) is 0.357. The number of para-hydroxylation sites is 1. The maximum Gasteiger partial charge on any atom is 0.236 e. The van der Waals surface area contributed by atoms with Crippen molar-refractivity contribution >= 4 is 56.4 Å². The van der Waals surface area contributed by atoms with E-state index in [9.17, 15) is 4.79 Å². The highest BCUT2D eigenvalue weighted by Crippen LogP contribution is 2.43. The van der Waals surface area contributed by atoms with Crippen molar-refractivity contribution in [3.8, 4) is 0 Å². The van der Waals surface area contributed by atoms with Gasteiger partial charge in [0.05, 0.1) is 27.8 Å². The summed E-state index contributed by atoms with van der Waals surface area (Å²) < 4.78 is 0.950. The van der Waals surface area contributed by atoms with Gasteiger partial charge in [-0.2, -0.15) is 0 Å². The maximum atomic E-state index is 12.2. The molecular weight excluding hydrogens is 349 g/mol. The molecule has 1 aliphatic rings. The maximum absolute atomic E-state index is 12.2. The molecule has 5 heteroatoms. The van der Waals surface area contributed by atoms with Gasteiger partial charge in [0, 0.05) is 4.47 Å². The van der Waals surface area contributed by atoms with Gasteiger partial charge in [0.1, 0.15) is 0 Å². The fourth-order valence-electron chi connectivity index (χ4n) is 2.24. The minimum Gasteiger partial charge on any atom is -0.277 e. The zero-order valence-corrected chi connectivity index (χ0v) is 12.8. The van der Waals surface area contributed by atoms with Gasteiger partial charge >= 0.3 is 0 Å². The van der Waals surface area contributed by atoms with E-state index in [0.29, 0.717) is 22.2 Å². The Morgan fingerprint density at radius 2 is 1.79 bits per heavy atom. The normalized spacial score (nSPS) is 13.8. The molecule has 0 aromatic heterocycles. The highest BCUT2D eigenvalue weighted by atomic mass is 79.9. The van der Waals surface area contributed by atoms with Crippen LogP contribution in [0.25, 0.3) is 0 Å². The lowest BCUT2D eigenvalue weighted by Crippen LogP contribution is -2.21. The number of carbonyl (C=O) groups excluding carboxylic acids is 1. The first kappa shape index (κ1) is 13.0. The summed E-state index contributed by atoms with van der Waals surface area (Å²) in [5, 5.41) is 0.938. The van der Waals surface area contributed by atoms with Gasteiger partial charge in [0.25, 0.3) is 0 Å². The molecule has 0 radical (unpaired) electrons. The van der Waals surface area contributed by atoms with Crippen molar-refractivity contribution in [1.29, 1.82) is 0 Å². The first-order valence-corrected chi connectivity index (χ1v) is 7.18. The Morgan fingerprint density at radius 3 is 2.47 bits per heavy atom. The van der Waals surface area contributed by atoms with E-state index in [1.165, 1.54) is 0 Å². The van der Waals surface area contributed by atoms with Crippen molar-refractivity contribution in [2.45, 2.75) is 6.42 Å². The minimum atomic E-state index is -0.0249. The van der Waals surface area contributed by atoms with Gasteiger partial charge in [-0.05, 0) is 35.9 Å². The third-order valence-electron chi connectivity index (χ3n) is 3.03. The van der Waals surface area contributed by atoms with Crippen LogP contribution in [-0.4, -0.2) is 5.91 Å².